The van der Waals surface area contributed by atoms with E-state index < -0.39 is 11.9 Å². The van der Waals surface area contributed by atoms with Gasteiger partial charge in [-0.05, 0) is 37.0 Å². The molecule has 1 aromatic carbocycles. The molecule has 4 amide bonds. The van der Waals surface area contributed by atoms with Crippen LogP contribution < -0.4 is 16.0 Å². The lowest BCUT2D eigenvalue weighted by Crippen LogP contribution is -2.46. The molecular formula is C32H56N4O4. The number of carbonyl (C=O) groups excluding carboxylic acids is 4. The number of benzene rings is 1. The summed E-state index contributed by atoms with van der Waals surface area (Å²) in [5, 5.41) is 7.86. The highest BCUT2D eigenvalue weighted by Gasteiger charge is 2.36. The minimum atomic E-state index is -0.761. The number of likely N-dealkylation sites (tertiary alicyclic amines) is 1. The van der Waals surface area contributed by atoms with Gasteiger partial charge in [-0.15, -0.1) is 0 Å². The predicted molar refractivity (Wildman–Crippen MR) is 167 cm³/mol. The van der Waals surface area contributed by atoms with Crippen LogP contribution in [0.25, 0.3) is 0 Å². The lowest BCUT2D eigenvalue weighted by molar-refractivity contribution is -0.129. The molecule has 0 radical (unpaired) electrons. The van der Waals surface area contributed by atoms with E-state index in [0.29, 0.717) is 18.0 Å². The largest absolute Gasteiger partial charge is 0.347 e. The summed E-state index contributed by atoms with van der Waals surface area (Å²) in [5.74, 6) is -0.690. The standard InChI is InChI=1S/C25H36N4O4.C3H8.2C2H6/c1-6-16(3)21-14-24(32)29(18(21)5)13-12-22(30)26-15-23(31)27-17(4)25(33)28-20-10-8-19(7-2)9-11-20;1-3-2;2*1-2/h8-11,16-17,21H,5-7,12-15H2,1-4H3,(H,26,30)(H,27,31)(H,28,33);3H2,1-2H3;2*1-2H3. The lowest BCUT2D eigenvalue weighted by atomic mass is 9.89. The molecule has 1 aliphatic rings. The molecule has 1 saturated heterocycles. The average Bonchev–Trinajstić information content (AvgIpc) is 3.25. The summed E-state index contributed by atoms with van der Waals surface area (Å²) >= 11 is 0. The monoisotopic (exact) mass is 560 g/mol. The van der Waals surface area contributed by atoms with Crippen LogP contribution in [0, 0.1) is 11.8 Å². The third-order valence-electron chi connectivity index (χ3n) is 6.21. The molecule has 1 fully saturated rings. The van der Waals surface area contributed by atoms with Crippen molar-refractivity contribution in [2.45, 2.75) is 107 Å². The summed E-state index contributed by atoms with van der Waals surface area (Å²) in [4.78, 5) is 50.4. The van der Waals surface area contributed by atoms with Gasteiger partial charge in [0.2, 0.25) is 23.6 Å². The molecule has 8 nitrogen and oxygen atoms in total. The molecule has 1 aromatic rings. The van der Waals surface area contributed by atoms with E-state index in [1.807, 2.05) is 52.0 Å². The number of nitrogens with zero attached hydrogens (tertiary/aromatic N) is 1. The maximum atomic E-state index is 12.3. The fourth-order valence-electron chi connectivity index (χ4n) is 3.77. The summed E-state index contributed by atoms with van der Waals surface area (Å²) in [6.07, 6.45) is 3.63. The zero-order chi connectivity index (χ0) is 31.3. The maximum absolute atomic E-state index is 12.3. The van der Waals surface area contributed by atoms with Crippen LogP contribution in [0.1, 0.15) is 100 Å². The normalized spacial score (nSPS) is 15.2. The zero-order valence-electron chi connectivity index (χ0n) is 26.8. The highest BCUT2D eigenvalue weighted by atomic mass is 16.2. The lowest BCUT2D eigenvalue weighted by Gasteiger charge is -2.22. The topological polar surface area (TPSA) is 108 Å². The Morgan fingerprint density at radius 2 is 1.52 bits per heavy atom. The van der Waals surface area contributed by atoms with Gasteiger partial charge in [0.15, 0.2) is 0 Å². The van der Waals surface area contributed by atoms with Crippen LogP contribution in [-0.4, -0.2) is 47.7 Å². The van der Waals surface area contributed by atoms with Gasteiger partial charge in [-0.25, -0.2) is 0 Å². The predicted octanol–water partition coefficient (Wildman–Crippen LogP) is 6.08. The van der Waals surface area contributed by atoms with Crippen molar-refractivity contribution in [3.63, 3.8) is 0 Å². The minimum Gasteiger partial charge on any atom is -0.347 e. The fraction of sp³-hybridized carbons (Fsp3) is 0.625. The van der Waals surface area contributed by atoms with Crippen LogP contribution in [0.5, 0.6) is 0 Å². The van der Waals surface area contributed by atoms with E-state index in [2.05, 4.69) is 57.1 Å². The quantitative estimate of drug-likeness (QED) is 0.305. The first kappa shape index (κ1) is 39.0. The van der Waals surface area contributed by atoms with E-state index >= 15 is 0 Å². The molecule has 2 rings (SSSR count). The van der Waals surface area contributed by atoms with Gasteiger partial charge in [-0.1, -0.05) is 93.9 Å². The summed E-state index contributed by atoms with van der Waals surface area (Å²) in [6.45, 7) is 24.1. The first-order valence-corrected chi connectivity index (χ1v) is 15.0. The third-order valence-corrected chi connectivity index (χ3v) is 6.21. The van der Waals surface area contributed by atoms with E-state index in [9.17, 15) is 19.2 Å². The number of hydrogen-bond acceptors (Lipinski definition) is 4. The van der Waals surface area contributed by atoms with Crippen molar-refractivity contribution in [1.29, 1.82) is 0 Å². The second kappa shape index (κ2) is 22.6. The second-order valence-electron chi connectivity index (χ2n) is 9.30. The summed E-state index contributed by atoms with van der Waals surface area (Å²) in [7, 11) is 0. The molecule has 3 atom stereocenters. The van der Waals surface area contributed by atoms with Crippen LogP contribution >= 0.6 is 0 Å². The molecule has 0 aliphatic carbocycles. The van der Waals surface area contributed by atoms with Crippen molar-refractivity contribution in [1.82, 2.24) is 15.5 Å². The Morgan fingerprint density at radius 3 is 2.02 bits per heavy atom. The summed E-state index contributed by atoms with van der Waals surface area (Å²) in [6, 6.07) is 6.74. The Morgan fingerprint density at radius 1 is 0.975 bits per heavy atom. The highest BCUT2D eigenvalue weighted by Crippen LogP contribution is 2.34. The zero-order valence-corrected chi connectivity index (χ0v) is 26.8. The van der Waals surface area contributed by atoms with Gasteiger partial charge in [0.1, 0.15) is 6.04 Å². The molecule has 3 unspecified atom stereocenters. The Bertz CT molecular complexity index is 899. The first-order chi connectivity index (χ1) is 19.1. The molecular weight excluding hydrogens is 504 g/mol. The Labute approximate surface area is 243 Å². The number of rotatable bonds is 11. The Kier molecular flexibility index (Phi) is 22.1. The van der Waals surface area contributed by atoms with Gasteiger partial charge in [-0.3, -0.25) is 19.2 Å². The first-order valence-electron chi connectivity index (χ1n) is 15.0. The number of allylic oxidation sites excluding steroid dienone is 1. The number of anilines is 1. The number of hydrogen-bond donors (Lipinski definition) is 3. The number of aryl methyl sites for hydroxylation is 1. The van der Waals surface area contributed by atoms with Crippen molar-refractivity contribution < 1.29 is 19.2 Å². The maximum Gasteiger partial charge on any atom is 0.246 e. The van der Waals surface area contributed by atoms with E-state index in [1.165, 1.54) is 12.0 Å². The molecule has 3 N–H and O–H groups in total. The fourth-order valence-corrected chi connectivity index (χ4v) is 3.77. The van der Waals surface area contributed by atoms with Crippen molar-refractivity contribution in [2.24, 2.45) is 11.8 Å². The molecule has 40 heavy (non-hydrogen) atoms. The Balaban J connectivity index is 0. The van der Waals surface area contributed by atoms with Gasteiger partial charge in [0, 0.05) is 36.7 Å². The third kappa shape index (κ3) is 14.3. The molecule has 0 bridgehead atoms. The van der Waals surface area contributed by atoms with Gasteiger partial charge >= 0.3 is 0 Å². The molecule has 0 aromatic heterocycles. The van der Waals surface area contributed by atoms with Gasteiger partial charge < -0.3 is 20.9 Å². The number of carbonyl (C=O) groups is 4. The minimum absolute atomic E-state index is 0.0139. The van der Waals surface area contributed by atoms with Crippen LogP contribution in [-0.2, 0) is 25.6 Å². The van der Waals surface area contributed by atoms with E-state index in [0.717, 1.165) is 18.5 Å². The summed E-state index contributed by atoms with van der Waals surface area (Å²) in [5.41, 5.74) is 2.59. The van der Waals surface area contributed by atoms with Crippen LogP contribution in [0.4, 0.5) is 5.69 Å². The highest BCUT2D eigenvalue weighted by molar-refractivity contribution is 5.97. The number of amides is 4. The van der Waals surface area contributed by atoms with Crippen LogP contribution in [0.2, 0.25) is 0 Å². The van der Waals surface area contributed by atoms with E-state index in [-0.39, 0.29) is 43.1 Å². The van der Waals surface area contributed by atoms with Gasteiger partial charge in [0.25, 0.3) is 0 Å². The summed E-state index contributed by atoms with van der Waals surface area (Å²) < 4.78 is 0. The average molecular weight is 561 g/mol. The van der Waals surface area contributed by atoms with Gasteiger partial charge in [-0.2, -0.15) is 0 Å². The van der Waals surface area contributed by atoms with Crippen molar-refractivity contribution in [2.75, 3.05) is 18.4 Å². The van der Waals surface area contributed by atoms with E-state index in [4.69, 9.17) is 0 Å². The van der Waals surface area contributed by atoms with Crippen LogP contribution in [0.3, 0.4) is 0 Å². The van der Waals surface area contributed by atoms with Crippen molar-refractivity contribution >= 4 is 29.3 Å². The van der Waals surface area contributed by atoms with Crippen molar-refractivity contribution in [3.8, 4) is 0 Å². The smallest absolute Gasteiger partial charge is 0.246 e. The molecule has 0 saturated carbocycles. The molecule has 1 heterocycles. The van der Waals surface area contributed by atoms with E-state index in [1.54, 1.807) is 11.8 Å². The van der Waals surface area contributed by atoms with Gasteiger partial charge in [0.05, 0.1) is 6.54 Å². The Hall–Kier alpha value is -3.16. The molecule has 228 valence electrons. The molecule has 8 heteroatoms. The van der Waals surface area contributed by atoms with Crippen LogP contribution in [0.15, 0.2) is 36.5 Å². The molecule has 1 aliphatic heterocycles. The molecule has 0 spiro atoms. The second-order valence-corrected chi connectivity index (χ2v) is 9.30. The van der Waals surface area contributed by atoms with Crippen molar-refractivity contribution in [3.05, 3.63) is 42.1 Å². The SMILES string of the molecule is C=C1C(C(C)CC)CC(=O)N1CCC(=O)NCC(=O)NC(C)C(=O)Nc1ccc(CC)cc1.CC.CC.CCC. The number of nitrogens with one attached hydrogen (secondary N) is 3.